The predicted molar refractivity (Wildman–Crippen MR) is 110 cm³/mol. The summed E-state index contributed by atoms with van der Waals surface area (Å²) in [6.07, 6.45) is 6.27. The Morgan fingerprint density at radius 1 is 1.21 bits per heavy atom. The molecule has 7 nitrogen and oxygen atoms in total. The SMILES string of the molecule is COc1cccc(-c2cn(CCCN3CCC(O)CC3)c3ncnc(N)c23)c1. The van der Waals surface area contributed by atoms with Gasteiger partial charge in [0.15, 0.2) is 0 Å². The molecule has 0 atom stereocenters. The Morgan fingerprint density at radius 2 is 2.04 bits per heavy atom. The fourth-order valence-electron chi connectivity index (χ4n) is 3.93. The van der Waals surface area contributed by atoms with Crippen LogP contribution >= 0.6 is 0 Å². The normalized spacial score (nSPS) is 15.9. The highest BCUT2D eigenvalue weighted by Gasteiger charge is 2.18. The van der Waals surface area contributed by atoms with Crippen LogP contribution in [0.3, 0.4) is 0 Å². The summed E-state index contributed by atoms with van der Waals surface area (Å²) in [6, 6.07) is 7.96. The topological polar surface area (TPSA) is 89.4 Å². The molecule has 0 bridgehead atoms. The molecule has 1 aliphatic rings. The van der Waals surface area contributed by atoms with Gasteiger partial charge in [0, 0.05) is 31.4 Å². The van der Waals surface area contributed by atoms with E-state index in [9.17, 15) is 5.11 Å². The van der Waals surface area contributed by atoms with Crippen molar-refractivity contribution in [3.8, 4) is 16.9 Å². The van der Waals surface area contributed by atoms with Crippen molar-refractivity contribution in [2.45, 2.75) is 31.9 Å². The van der Waals surface area contributed by atoms with E-state index in [1.807, 2.05) is 24.3 Å². The second-order valence-electron chi connectivity index (χ2n) is 7.35. The van der Waals surface area contributed by atoms with E-state index in [4.69, 9.17) is 10.5 Å². The van der Waals surface area contributed by atoms with E-state index in [1.54, 1.807) is 7.11 Å². The first-order chi connectivity index (χ1) is 13.7. The zero-order valence-corrected chi connectivity index (χ0v) is 16.2. The number of ether oxygens (including phenoxy) is 1. The monoisotopic (exact) mass is 381 g/mol. The van der Waals surface area contributed by atoms with E-state index in [0.717, 1.165) is 73.4 Å². The molecular weight excluding hydrogens is 354 g/mol. The number of aryl methyl sites for hydroxylation is 1. The van der Waals surface area contributed by atoms with Crippen LogP contribution in [-0.2, 0) is 6.54 Å². The Hall–Kier alpha value is -2.64. The lowest BCUT2D eigenvalue weighted by molar-refractivity contribution is 0.0816. The standard InChI is InChI=1S/C21H27N5O2/c1-28-17-5-2-4-15(12-17)18-13-26(21-19(18)20(22)23-14-24-21)9-3-8-25-10-6-16(27)7-11-25/h2,4-5,12-14,16,27H,3,6-11H2,1H3,(H2,22,23,24). The van der Waals surface area contributed by atoms with E-state index in [2.05, 4.69) is 25.6 Å². The zero-order valence-electron chi connectivity index (χ0n) is 16.2. The van der Waals surface area contributed by atoms with Crippen LogP contribution in [0.15, 0.2) is 36.8 Å². The predicted octanol–water partition coefficient (Wildman–Crippen LogP) is 2.54. The van der Waals surface area contributed by atoms with Crippen LogP contribution in [-0.4, -0.2) is 57.4 Å². The quantitative estimate of drug-likeness (QED) is 0.682. The highest BCUT2D eigenvalue weighted by atomic mass is 16.5. The molecule has 4 rings (SSSR count). The molecule has 0 amide bonds. The minimum absolute atomic E-state index is 0.130. The van der Waals surface area contributed by atoms with Crippen LogP contribution in [0, 0.1) is 0 Å². The number of piperidine rings is 1. The first kappa shape index (κ1) is 18.7. The summed E-state index contributed by atoms with van der Waals surface area (Å²) in [7, 11) is 1.67. The van der Waals surface area contributed by atoms with Gasteiger partial charge in [-0.1, -0.05) is 12.1 Å². The van der Waals surface area contributed by atoms with Crippen LogP contribution in [0.5, 0.6) is 5.75 Å². The molecule has 7 heteroatoms. The van der Waals surface area contributed by atoms with Gasteiger partial charge in [-0.05, 0) is 43.5 Å². The Bertz CT molecular complexity index is 947. The first-order valence-corrected chi connectivity index (χ1v) is 9.80. The fraction of sp³-hybridized carbons (Fsp3) is 0.429. The molecule has 1 aliphatic heterocycles. The summed E-state index contributed by atoms with van der Waals surface area (Å²) in [6.45, 7) is 3.81. The molecular formula is C21H27N5O2. The molecule has 28 heavy (non-hydrogen) atoms. The van der Waals surface area contributed by atoms with E-state index in [-0.39, 0.29) is 6.10 Å². The first-order valence-electron chi connectivity index (χ1n) is 9.80. The van der Waals surface area contributed by atoms with Crippen molar-refractivity contribution >= 4 is 16.9 Å². The van der Waals surface area contributed by atoms with E-state index >= 15 is 0 Å². The number of hydrogen-bond acceptors (Lipinski definition) is 6. The second-order valence-corrected chi connectivity index (χ2v) is 7.35. The number of methoxy groups -OCH3 is 1. The van der Waals surface area contributed by atoms with E-state index in [0.29, 0.717) is 5.82 Å². The number of hydrogen-bond donors (Lipinski definition) is 2. The van der Waals surface area contributed by atoms with Crippen molar-refractivity contribution in [2.24, 2.45) is 0 Å². The highest BCUT2D eigenvalue weighted by Crippen LogP contribution is 2.34. The van der Waals surface area contributed by atoms with Gasteiger partial charge in [0.2, 0.25) is 0 Å². The van der Waals surface area contributed by atoms with E-state index < -0.39 is 0 Å². The van der Waals surface area contributed by atoms with Crippen molar-refractivity contribution < 1.29 is 9.84 Å². The van der Waals surface area contributed by atoms with Crippen LogP contribution in [0.25, 0.3) is 22.2 Å². The average molecular weight is 381 g/mol. The Labute approximate surface area is 164 Å². The fourth-order valence-corrected chi connectivity index (χ4v) is 3.93. The maximum Gasteiger partial charge on any atom is 0.146 e. The van der Waals surface area contributed by atoms with E-state index in [1.165, 1.54) is 6.33 Å². The number of anilines is 1. The molecule has 1 saturated heterocycles. The van der Waals surface area contributed by atoms with Gasteiger partial charge >= 0.3 is 0 Å². The summed E-state index contributed by atoms with van der Waals surface area (Å²) in [5.41, 5.74) is 9.13. The summed E-state index contributed by atoms with van der Waals surface area (Å²) >= 11 is 0. The molecule has 0 saturated carbocycles. The molecule has 0 radical (unpaired) electrons. The zero-order chi connectivity index (χ0) is 19.5. The molecule has 2 aromatic heterocycles. The number of likely N-dealkylation sites (tertiary alicyclic amines) is 1. The molecule has 1 fully saturated rings. The number of nitrogens with zero attached hydrogens (tertiary/aromatic N) is 4. The van der Waals surface area contributed by atoms with Gasteiger partial charge in [-0.15, -0.1) is 0 Å². The third-order valence-electron chi connectivity index (χ3n) is 5.49. The van der Waals surface area contributed by atoms with Gasteiger partial charge in [0.1, 0.15) is 23.5 Å². The minimum atomic E-state index is -0.130. The summed E-state index contributed by atoms with van der Waals surface area (Å²) in [4.78, 5) is 11.1. The number of aliphatic hydroxyl groups is 1. The maximum atomic E-state index is 9.66. The molecule has 0 unspecified atom stereocenters. The smallest absolute Gasteiger partial charge is 0.146 e. The molecule has 3 N–H and O–H groups in total. The lowest BCUT2D eigenvalue weighted by Gasteiger charge is -2.29. The van der Waals surface area contributed by atoms with Gasteiger partial charge < -0.3 is 25.0 Å². The number of aromatic nitrogens is 3. The largest absolute Gasteiger partial charge is 0.497 e. The van der Waals surface area contributed by atoms with Crippen molar-refractivity contribution in [1.82, 2.24) is 19.4 Å². The van der Waals surface area contributed by atoms with Gasteiger partial charge in [-0.3, -0.25) is 0 Å². The lowest BCUT2D eigenvalue weighted by atomic mass is 10.1. The van der Waals surface area contributed by atoms with Crippen molar-refractivity contribution in [1.29, 1.82) is 0 Å². The number of nitrogens with two attached hydrogens (primary N) is 1. The molecule has 3 aromatic rings. The van der Waals surface area contributed by atoms with Crippen molar-refractivity contribution in [3.63, 3.8) is 0 Å². The summed E-state index contributed by atoms with van der Waals surface area (Å²) in [5.74, 6) is 1.30. The Balaban J connectivity index is 1.58. The number of fused-ring (bicyclic) bond motifs is 1. The number of aliphatic hydroxyl groups excluding tert-OH is 1. The second kappa shape index (κ2) is 8.16. The van der Waals surface area contributed by atoms with Gasteiger partial charge in [0.05, 0.1) is 18.6 Å². The van der Waals surface area contributed by atoms with Crippen LogP contribution < -0.4 is 10.5 Å². The Kier molecular flexibility index (Phi) is 5.45. The minimum Gasteiger partial charge on any atom is -0.497 e. The van der Waals surface area contributed by atoms with Crippen LogP contribution in [0.4, 0.5) is 5.82 Å². The lowest BCUT2D eigenvalue weighted by Crippen LogP contribution is -2.36. The highest BCUT2D eigenvalue weighted by molar-refractivity contribution is 6.00. The average Bonchev–Trinajstić information content (AvgIpc) is 3.10. The van der Waals surface area contributed by atoms with Crippen molar-refractivity contribution in [3.05, 3.63) is 36.8 Å². The molecule has 0 spiro atoms. The number of rotatable bonds is 6. The van der Waals surface area contributed by atoms with Gasteiger partial charge in [-0.25, -0.2) is 9.97 Å². The third-order valence-corrected chi connectivity index (χ3v) is 5.49. The van der Waals surface area contributed by atoms with Crippen LogP contribution in [0.1, 0.15) is 19.3 Å². The van der Waals surface area contributed by atoms with Gasteiger partial charge in [-0.2, -0.15) is 0 Å². The molecule has 148 valence electrons. The number of nitrogen functional groups attached to an aromatic ring is 1. The molecule has 0 aliphatic carbocycles. The maximum absolute atomic E-state index is 9.66. The number of benzene rings is 1. The molecule has 3 heterocycles. The summed E-state index contributed by atoms with van der Waals surface area (Å²) < 4.78 is 7.54. The molecule has 1 aromatic carbocycles. The van der Waals surface area contributed by atoms with Crippen LogP contribution in [0.2, 0.25) is 0 Å². The third kappa shape index (κ3) is 3.81. The van der Waals surface area contributed by atoms with Crippen molar-refractivity contribution in [2.75, 3.05) is 32.5 Å². The Morgan fingerprint density at radius 3 is 2.82 bits per heavy atom. The van der Waals surface area contributed by atoms with Gasteiger partial charge in [0.25, 0.3) is 0 Å². The summed E-state index contributed by atoms with van der Waals surface area (Å²) in [5, 5.41) is 10.5.